The summed E-state index contributed by atoms with van der Waals surface area (Å²) in [6.45, 7) is 0. The van der Waals surface area contributed by atoms with Gasteiger partial charge < -0.3 is 20.7 Å². The first kappa shape index (κ1) is 12.7. The van der Waals surface area contributed by atoms with Crippen LogP contribution < -0.4 is 16.6 Å². The summed E-state index contributed by atoms with van der Waals surface area (Å²) in [4.78, 5) is 23.2. The molecule has 6 nitrogen and oxygen atoms in total. The Morgan fingerprint density at radius 1 is 1.32 bits per heavy atom. The van der Waals surface area contributed by atoms with Crippen LogP contribution in [0.2, 0.25) is 0 Å². The SMILES string of the molecule is Cn1cc(NC(=O)c2cc(O)ccc2N)ccc1=O. The molecule has 1 aromatic heterocycles. The molecule has 2 rings (SSSR count). The first-order valence-electron chi connectivity index (χ1n) is 5.54. The third-order valence-electron chi connectivity index (χ3n) is 2.63. The Morgan fingerprint density at radius 2 is 2.05 bits per heavy atom. The molecular formula is C13H13N3O3. The van der Waals surface area contributed by atoms with E-state index in [9.17, 15) is 14.7 Å². The largest absolute Gasteiger partial charge is 0.508 e. The van der Waals surface area contributed by atoms with Crippen molar-refractivity contribution in [2.24, 2.45) is 7.05 Å². The highest BCUT2D eigenvalue weighted by atomic mass is 16.3. The lowest BCUT2D eigenvalue weighted by molar-refractivity contribution is 0.102. The number of benzene rings is 1. The molecule has 1 aromatic carbocycles. The highest BCUT2D eigenvalue weighted by Gasteiger charge is 2.11. The fourth-order valence-corrected chi connectivity index (χ4v) is 1.61. The second-order valence-electron chi connectivity index (χ2n) is 4.09. The lowest BCUT2D eigenvalue weighted by Crippen LogP contribution is -2.18. The second kappa shape index (κ2) is 4.85. The van der Waals surface area contributed by atoms with Crippen molar-refractivity contribution in [3.8, 4) is 5.75 Å². The molecule has 0 aliphatic carbocycles. The Bertz CT molecular complexity index is 692. The Hall–Kier alpha value is -2.76. The number of pyridine rings is 1. The average molecular weight is 259 g/mol. The molecule has 0 radical (unpaired) electrons. The van der Waals surface area contributed by atoms with E-state index in [0.717, 1.165) is 0 Å². The van der Waals surface area contributed by atoms with Gasteiger partial charge >= 0.3 is 0 Å². The van der Waals surface area contributed by atoms with Gasteiger partial charge in [-0.3, -0.25) is 9.59 Å². The van der Waals surface area contributed by atoms with Crippen molar-refractivity contribution >= 4 is 17.3 Å². The third kappa shape index (κ3) is 2.74. The van der Waals surface area contributed by atoms with Crippen LogP contribution in [0.1, 0.15) is 10.4 Å². The van der Waals surface area contributed by atoms with Gasteiger partial charge in [-0.25, -0.2) is 0 Å². The molecular weight excluding hydrogens is 246 g/mol. The van der Waals surface area contributed by atoms with E-state index in [1.165, 1.54) is 41.1 Å². The molecule has 1 amide bonds. The van der Waals surface area contributed by atoms with Gasteiger partial charge in [0.1, 0.15) is 5.75 Å². The number of carbonyl (C=O) groups is 1. The molecule has 2 aromatic rings. The lowest BCUT2D eigenvalue weighted by atomic mass is 10.1. The summed E-state index contributed by atoms with van der Waals surface area (Å²) in [6.07, 6.45) is 1.50. The van der Waals surface area contributed by atoms with Gasteiger partial charge in [-0.05, 0) is 24.3 Å². The summed E-state index contributed by atoms with van der Waals surface area (Å²) in [5.74, 6) is -0.494. The maximum Gasteiger partial charge on any atom is 0.257 e. The summed E-state index contributed by atoms with van der Waals surface area (Å²) >= 11 is 0. The van der Waals surface area contributed by atoms with Crippen LogP contribution in [0.4, 0.5) is 11.4 Å². The van der Waals surface area contributed by atoms with Gasteiger partial charge in [0.05, 0.1) is 11.3 Å². The van der Waals surface area contributed by atoms with Crippen LogP contribution in [0.25, 0.3) is 0 Å². The maximum absolute atomic E-state index is 12.0. The molecule has 6 heteroatoms. The quantitative estimate of drug-likeness (QED) is 0.552. The minimum atomic E-state index is -0.452. The summed E-state index contributed by atoms with van der Waals surface area (Å²) in [7, 11) is 1.58. The van der Waals surface area contributed by atoms with Gasteiger partial charge in [0, 0.05) is 25.0 Å². The van der Waals surface area contributed by atoms with E-state index in [-0.39, 0.29) is 22.6 Å². The first-order valence-corrected chi connectivity index (χ1v) is 5.54. The molecule has 19 heavy (non-hydrogen) atoms. The highest BCUT2D eigenvalue weighted by molar-refractivity contribution is 6.07. The maximum atomic E-state index is 12.0. The molecule has 1 heterocycles. The number of nitrogens with one attached hydrogen (secondary N) is 1. The van der Waals surface area contributed by atoms with Crippen molar-refractivity contribution in [2.75, 3.05) is 11.1 Å². The zero-order valence-corrected chi connectivity index (χ0v) is 10.3. The van der Waals surface area contributed by atoms with E-state index < -0.39 is 5.91 Å². The number of nitrogens with two attached hydrogens (primary N) is 1. The average Bonchev–Trinajstić information content (AvgIpc) is 2.36. The summed E-state index contributed by atoms with van der Waals surface area (Å²) in [6, 6.07) is 6.98. The topological polar surface area (TPSA) is 97.3 Å². The summed E-state index contributed by atoms with van der Waals surface area (Å²) in [5, 5.41) is 12.0. The molecule has 0 aliphatic heterocycles. The van der Waals surface area contributed by atoms with E-state index in [0.29, 0.717) is 5.69 Å². The molecule has 0 saturated heterocycles. The van der Waals surface area contributed by atoms with Crippen LogP contribution in [0, 0.1) is 0 Å². The van der Waals surface area contributed by atoms with Crippen molar-refractivity contribution in [3.05, 3.63) is 52.4 Å². The monoisotopic (exact) mass is 259 g/mol. The molecule has 0 unspecified atom stereocenters. The fraction of sp³-hybridized carbons (Fsp3) is 0.0769. The standard InChI is InChI=1S/C13H13N3O3/c1-16-7-8(2-5-12(16)18)15-13(19)10-6-9(17)3-4-11(10)14/h2-7,17H,14H2,1H3,(H,15,19). The van der Waals surface area contributed by atoms with Crippen LogP contribution in [0.5, 0.6) is 5.75 Å². The molecule has 98 valence electrons. The predicted octanol–water partition coefficient (Wildman–Crippen LogP) is 0.925. The molecule has 0 aliphatic rings. The number of rotatable bonds is 2. The van der Waals surface area contributed by atoms with Crippen molar-refractivity contribution in [3.63, 3.8) is 0 Å². The number of aryl methyl sites for hydroxylation is 1. The van der Waals surface area contributed by atoms with Crippen molar-refractivity contribution in [1.29, 1.82) is 0 Å². The van der Waals surface area contributed by atoms with Crippen molar-refractivity contribution < 1.29 is 9.90 Å². The third-order valence-corrected chi connectivity index (χ3v) is 2.63. The minimum Gasteiger partial charge on any atom is -0.508 e. The highest BCUT2D eigenvalue weighted by Crippen LogP contribution is 2.19. The van der Waals surface area contributed by atoms with Crippen LogP contribution in [-0.4, -0.2) is 15.6 Å². The fourth-order valence-electron chi connectivity index (χ4n) is 1.61. The van der Waals surface area contributed by atoms with E-state index in [1.807, 2.05) is 0 Å². The zero-order chi connectivity index (χ0) is 14.0. The number of phenols is 1. The molecule has 0 bridgehead atoms. The smallest absolute Gasteiger partial charge is 0.257 e. The number of aromatic hydroxyl groups is 1. The number of aromatic nitrogens is 1. The van der Waals surface area contributed by atoms with Crippen molar-refractivity contribution in [1.82, 2.24) is 4.57 Å². The van der Waals surface area contributed by atoms with Crippen LogP contribution in [-0.2, 0) is 7.05 Å². The number of amides is 1. The van der Waals surface area contributed by atoms with E-state index >= 15 is 0 Å². The number of hydrogen-bond acceptors (Lipinski definition) is 4. The van der Waals surface area contributed by atoms with E-state index in [4.69, 9.17) is 5.73 Å². The van der Waals surface area contributed by atoms with Gasteiger partial charge in [-0.15, -0.1) is 0 Å². The molecule has 0 spiro atoms. The molecule has 0 saturated carbocycles. The van der Waals surface area contributed by atoms with E-state index in [1.54, 1.807) is 7.05 Å². The number of anilines is 2. The van der Waals surface area contributed by atoms with Crippen LogP contribution >= 0.6 is 0 Å². The number of carbonyl (C=O) groups excluding carboxylic acids is 1. The normalized spacial score (nSPS) is 10.2. The molecule has 4 N–H and O–H groups in total. The Labute approximate surface area is 109 Å². The van der Waals surface area contributed by atoms with Gasteiger partial charge in [0.25, 0.3) is 5.91 Å². The van der Waals surface area contributed by atoms with Gasteiger partial charge in [-0.1, -0.05) is 0 Å². The van der Waals surface area contributed by atoms with Gasteiger partial charge in [0.2, 0.25) is 5.56 Å². The number of hydrogen-bond donors (Lipinski definition) is 3. The Morgan fingerprint density at radius 3 is 2.74 bits per heavy atom. The van der Waals surface area contributed by atoms with E-state index in [2.05, 4.69) is 5.32 Å². The van der Waals surface area contributed by atoms with Gasteiger partial charge in [-0.2, -0.15) is 0 Å². The van der Waals surface area contributed by atoms with Crippen LogP contribution in [0.3, 0.4) is 0 Å². The Balaban J connectivity index is 2.28. The lowest BCUT2D eigenvalue weighted by Gasteiger charge is -2.08. The van der Waals surface area contributed by atoms with Crippen molar-refractivity contribution in [2.45, 2.75) is 0 Å². The summed E-state index contributed by atoms with van der Waals surface area (Å²) in [5.41, 5.74) is 6.41. The second-order valence-corrected chi connectivity index (χ2v) is 4.09. The Kier molecular flexibility index (Phi) is 3.24. The molecule has 0 atom stereocenters. The number of phenolic OH excluding ortho intramolecular Hbond substituents is 1. The number of nitrogen functional groups attached to an aromatic ring is 1. The zero-order valence-electron chi connectivity index (χ0n) is 10.3. The van der Waals surface area contributed by atoms with Gasteiger partial charge in [0.15, 0.2) is 0 Å². The van der Waals surface area contributed by atoms with Crippen LogP contribution in [0.15, 0.2) is 41.3 Å². The summed E-state index contributed by atoms with van der Waals surface area (Å²) < 4.78 is 1.35. The predicted molar refractivity (Wildman–Crippen MR) is 72.2 cm³/mol. The minimum absolute atomic E-state index is 0.0418. The number of nitrogens with zero attached hydrogens (tertiary/aromatic N) is 1. The molecule has 0 fully saturated rings. The first-order chi connectivity index (χ1) is 8.97.